The van der Waals surface area contributed by atoms with Crippen LogP contribution in [-0.2, 0) is 7.05 Å². The first kappa shape index (κ1) is 13.7. The predicted molar refractivity (Wildman–Crippen MR) is 74.5 cm³/mol. The minimum atomic E-state index is -0.180. The average molecular weight is 261 g/mol. The van der Waals surface area contributed by atoms with Crippen LogP contribution in [0.25, 0.3) is 0 Å². The van der Waals surface area contributed by atoms with Crippen LogP contribution in [0.3, 0.4) is 0 Å². The summed E-state index contributed by atoms with van der Waals surface area (Å²) in [5, 5.41) is 3.40. The van der Waals surface area contributed by atoms with Crippen molar-refractivity contribution in [3.63, 3.8) is 0 Å². The molecule has 1 aromatic carbocycles. The van der Waals surface area contributed by atoms with Crippen molar-refractivity contribution in [2.45, 2.75) is 26.3 Å². The van der Waals surface area contributed by atoms with Crippen LogP contribution in [0.1, 0.15) is 36.2 Å². The van der Waals surface area contributed by atoms with Crippen molar-refractivity contribution in [1.29, 1.82) is 0 Å². The van der Waals surface area contributed by atoms with Gasteiger partial charge in [0, 0.05) is 12.6 Å². The molecule has 0 saturated heterocycles. The Morgan fingerprint density at radius 3 is 2.84 bits per heavy atom. The number of hydrogen-bond acceptors (Lipinski definition) is 2. The van der Waals surface area contributed by atoms with Crippen LogP contribution in [0, 0.1) is 12.7 Å². The summed E-state index contributed by atoms with van der Waals surface area (Å²) in [5.74, 6) is -0.180. The molecule has 1 unspecified atom stereocenters. The monoisotopic (exact) mass is 261 g/mol. The third-order valence-corrected chi connectivity index (χ3v) is 3.21. The van der Waals surface area contributed by atoms with E-state index in [2.05, 4.69) is 17.2 Å². The molecule has 0 bridgehead atoms. The number of nitrogens with one attached hydrogen (secondary N) is 1. The summed E-state index contributed by atoms with van der Waals surface area (Å²) in [5.41, 5.74) is 2.71. The Balaban J connectivity index is 2.42. The molecule has 0 amide bonds. The lowest BCUT2D eigenvalue weighted by molar-refractivity contribution is 0.529. The van der Waals surface area contributed by atoms with Gasteiger partial charge in [-0.15, -0.1) is 0 Å². The fraction of sp³-hybridized carbons (Fsp3) is 0.400. The minimum absolute atomic E-state index is 0.160. The summed E-state index contributed by atoms with van der Waals surface area (Å²) in [6.45, 7) is 4.91. The molecule has 2 rings (SSSR count). The third kappa shape index (κ3) is 3.01. The van der Waals surface area contributed by atoms with E-state index < -0.39 is 0 Å². The normalized spacial score (nSPS) is 12.6. The van der Waals surface area contributed by atoms with Gasteiger partial charge in [0.1, 0.15) is 5.82 Å². The Kier molecular flexibility index (Phi) is 4.32. The van der Waals surface area contributed by atoms with E-state index in [1.807, 2.05) is 24.6 Å². The van der Waals surface area contributed by atoms with Crippen LogP contribution in [0.15, 0.2) is 30.7 Å². The molecule has 0 radical (unpaired) electrons. The molecule has 1 atom stereocenters. The van der Waals surface area contributed by atoms with Crippen LogP contribution in [0.4, 0.5) is 4.39 Å². The first-order chi connectivity index (χ1) is 9.13. The highest BCUT2D eigenvalue weighted by Gasteiger charge is 2.20. The van der Waals surface area contributed by atoms with E-state index in [0.717, 1.165) is 24.2 Å². The number of rotatable bonds is 5. The molecule has 0 spiro atoms. The number of imidazole rings is 1. The van der Waals surface area contributed by atoms with Gasteiger partial charge in [0.25, 0.3) is 0 Å². The van der Waals surface area contributed by atoms with E-state index in [1.54, 1.807) is 18.6 Å². The molecule has 3 nitrogen and oxygen atoms in total. The van der Waals surface area contributed by atoms with Gasteiger partial charge in [-0.25, -0.2) is 9.37 Å². The Bertz CT molecular complexity index is 548. The number of nitrogens with zero attached hydrogens (tertiary/aromatic N) is 2. The molecule has 19 heavy (non-hydrogen) atoms. The molecule has 0 aliphatic carbocycles. The fourth-order valence-electron chi connectivity index (χ4n) is 2.19. The lowest BCUT2D eigenvalue weighted by Gasteiger charge is -2.20. The van der Waals surface area contributed by atoms with E-state index in [9.17, 15) is 4.39 Å². The van der Waals surface area contributed by atoms with Gasteiger partial charge in [-0.05, 0) is 26.0 Å². The van der Waals surface area contributed by atoms with Gasteiger partial charge in [0.2, 0.25) is 0 Å². The second kappa shape index (κ2) is 5.97. The van der Waals surface area contributed by atoms with Gasteiger partial charge in [-0.2, -0.15) is 0 Å². The molecule has 102 valence electrons. The highest BCUT2D eigenvalue weighted by atomic mass is 19.1. The van der Waals surface area contributed by atoms with E-state index in [-0.39, 0.29) is 11.9 Å². The quantitative estimate of drug-likeness (QED) is 0.896. The lowest BCUT2D eigenvalue weighted by Crippen LogP contribution is -2.26. The maximum atomic E-state index is 14.1. The van der Waals surface area contributed by atoms with Crippen LogP contribution < -0.4 is 5.32 Å². The highest BCUT2D eigenvalue weighted by molar-refractivity contribution is 5.32. The zero-order valence-corrected chi connectivity index (χ0v) is 11.7. The minimum Gasteiger partial charge on any atom is -0.336 e. The van der Waals surface area contributed by atoms with Crippen molar-refractivity contribution in [1.82, 2.24) is 14.9 Å². The summed E-state index contributed by atoms with van der Waals surface area (Å²) in [6.07, 6.45) is 4.53. The van der Waals surface area contributed by atoms with E-state index in [1.165, 1.54) is 6.07 Å². The predicted octanol–water partition coefficient (Wildman–Crippen LogP) is 2.96. The second-order valence-electron chi connectivity index (χ2n) is 4.84. The molecule has 0 aliphatic rings. The zero-order valence-electron chi connectivity index (χ0n) is 11.7. The Morgan fingerprint density at radius 1 is 1.42 bits per heavy atom. The molecular formula is C15H20FN3. The molecule has 2 aromatic rings. The van der Waals surface area contributed by atoms with Crippen LogP contribution in [-0.4, -0.2) is 16.1 Å². The van der Waals surface area contributed by atoms with Crippen LogP contribution in [0.2, 0.25) is 0 Å². The first-order valence-corrected chi connectivity index (χ1v) is 6.59. The fourth-order valence-corrected chi connectivity index (χ4v) is 2.19. The summed E-state index contributed by atoms with van der Waals surface area (Å²) < 4.78 is 16.0. The summed E-state index contributed by atoms with van der Waals surface area (Å²) in [6, 6.07) is 5.06. The lowest BCUT2D eigenvalue weighted by atomic mass is 10.0. The topological polar surface area (TPSA) is 29.9 Å². The van der Waals surface area contributed by atoms with Crippen molar-refractivity contribution >= 4 is 0 Å². The molecule has 1 aromatic heterocycles. The molecule has 0 saturated carbocycles. The number of aromatic nitrogens is 2. The molecule has 0 aliphatic heterocycles. The Labute approximate surface area is 113 Å². The van der Waals surface area contributed by atoms with E-state index in [0.29, 0.717) is 5.56 Å². The van der Waals surface area contributed by atoms with Crippen molar-refractivity contribution in [2.24, 2.45) is 7.05 Å². The highest BCUT2D eigenvalue weighted by Crippen LogP contribution is 2.25. The molecule has 1 heterocycles. The number of benzene rings is 1. The maximum absolute atomic E-state index is 14.1. The second-order valence-corrected chi connectivity index (χ2v) is 4.84. The van der Waals surface area contributed by atoms with Gasteiger partial charge in [0.05, 0.1) is 24.3 Å². The largest absolute Gasteiger partial charge is 0.336 e. The third-order valence-electron chi connectivity index (χ3n) is 3.21. The number of halogens is 1. The van der Waals surface area contributed by atoms with E-state index >= 15 is 0 Å². The SMILES string of the molecule is CCCNC(c1cc(C)ccc1F)c1cncn1C. The van der Waals surface area contributed by atoms with Crippen molar-refractivity contribution < 1.29 is 4.39 Å². The Hall–Kier alpha value is -1.68. The summed E-state index contributed by atoms with van der Waals surface area (Å²) >= 11 is 0. The molecule has 0 fully saturated rings. The van der Waals surface area contributed by atoms with Crippen molar-refractivity contribution in [3.05, 3.63) is 53.4 Å². The first-order valence-electron chi connectivity index (χ1n) is 6.59. The van der Waals surface area contributed by atoms with Gasteiger partial charge >= 0.3 is 0 Å². The van der Waals surface area contributed by atoms with Crippen LogP contribution >= 0.6 is 0 Å². The molecular weight excluding hydrogens is 241 g/mol. The maximum Gasteiger partial charge on any atom is 0.128 e. The molecule has 4 heteroatoms. The Morgan fingerprint density at radius 2 is 2.21 bits per heavy atom. The smallest absolute Gasteiger partial charge is 0.128 e. The van der Waals surface area contributed by atoms with Gasteiger partial charge in [-0.1, -0.05) is 24.6 Å². The van der Waals surface area contributed by atoms with Crippen molar-refractivity contribution in [3.8, 4) is 0 Å². The zero-order chi connectivity index (χ0) is 13.8. The summed E-state index contributed by atoms with van der Waals surface area (Å²) in [7, 11) is 1.93. The summed E-state index contributed by atoms with van der Waals surface area (Å²) in [4.78, 5) is 4.13. The van der Waals surface area contributed by atoms with Gasteiger partial charge < -0.3 is 9.88 Å². The number of aryl methyl sites for hydroxylation is 2. The standard InChI is InChI=1S/C15H20FN3/c1-4-7-18-15(14-9-17-10-19(14)3)12-8-11(2)5-6-13(12)16/h5-6,8-10,15,18H,4,7H2,1-3H3. The number of hydrogen-bond donors (Lipinski definition) is 1. The molecule has 1 N–H and O–H groups in total. The van der Waals surface area contributed by atoms with Gasteiger partial charge in [-0.3, -0.25) is 0 Å². The average Bonchev–Trinajstić information content (AvgIpc) is 2.80. The van der Waals surface area contributed by atoms with Gasteiger partial charge in [0.15, 0.2) is 0 Å². The van der Waals surface area contributed by atoms with E-state index in [4.69, 9.17) is 0 Å². The van der Waals surface area contributed by atoms with Crippen LogP contribution in [0.5, 0.6) is 0 Å². The van der Waals surface area contributed by atoms with Crippen molar-refractivity contribution in [2.75, 3.05) is 6.54 Å².